The number of rotatable bonds is 4. The average molecular weight is 383 g/mol. The van der Waals surface area contributed by atoms with Gasteiger partial charge in [-0.3, -0.25) is 4.90 Å². The van der Waals surface area contributed by atoms with Gasteiger partial charge in [0.15, 0.2) is 0 Å². The molecule has 28 heavy (non-hydrogen) atoms. The fraction of sp³-hybridized carbons (Fsp3) is 0.409. The van der Waals surface area contributed by atoms with E-state index in [-0.39, 0.29) is 23.9 Å². The molecule has 148 valence electrons. The summed E-state index contributed by atoms with van der Waals surface area (Å²) in [4.78, 5) is 14.7. The summed E-state index contributed by atoms with van der Waals surface area (Å²) in [5.74, 6) is 0.694. The monoisotopic (exact) mass is 383 g/mol. The van der Waals surface area contributed by atoms with Gasteiger partial charge in [0.2, 0.25) is 0 Å². The van der Waals surface area contributed by atoms with E-state index in [2.05, 4.69) is 15.5 Å². The van der Waals surface area contributed by atoms with Gasteiger partial charge in [-0.05, 0) is 25.0 Å². The summed E-state index contributed by atoms with van der Waals surface area (Å²) in [6.07, 6.45) is 2.50. The summed E-state index contributed by atoms with van der Waals surface area (Å²) in [6.45, 7) is 2.92. The zero-order valence-electron chi connectivity index (χ0n) is 15.9. The Morgan fingerprint density at radius 1 is 1.04 bits per heavy atom. The van der Waals surface area contributed by atoms with Gasteiger partial charge in [-0.2, -0.15) is 0 Å². The number of carbonyl (C=O) groups excluding carboxylic acids is 1. The number of benzene rings is 2. The van der Waals surface area contributed by atoms with Gasteiger partial charge < -0.3 is 15.4 Å². The Labute approximate surface area is 164 Å². The van der Waals surface area contributed by atoms with E-state index in [1.807, 2.05) is 36.4 Å². The fourth-order valence-electron chi connectivity index (χ4n) is 3.98. The van der Waals surface area contributed by atoms with Crippen LogP contribution in [0.2, 0.25) is 0 Å². The highest BCUT2D eigenvalue weighted by atomic mass is 19.1. The maximum Gasteiger partial charge on any atom is 0.315 e. The molecule has 1 unspecified atom stereocenters. The average Bonchev–Trinajstić information content (AvgIpc) is 2.71. The van der Waals surface area contributed by atoms with E-state index in [1.54, 1.807) is 6.07 Å². The van der Waals surface area contributed by atoms with Gasteiger partial charge >= 0.3 is 6.03 Å². The maximum absolute atomic E-state index is 13.8. The van der Waals surface area contributed by atoms with E-state index >= 15 is 0 Å². The van der Waals surface area contributed by atoms with E-state index in [9.17, 15) is 9.18 Å². The van der Waals surface area contributed by atoms with Crippen LogP contribution in [0.1, 0.15) is 36.4 Å². The lowest BCUT2D eigenvalue weighted by Crippen LogP contribution is -2.48. The third kappa shape index (κ3) is 4.44. The number of ether oxygens (including phenoxy) is 1. The van der Waals surface area contributed by atoms with Crippen LogP contribution < -0.4 is 15.4 Å². The lowest BCUT2D eigenvalue weighted by molar-refractivity contribution is 0.182. The largest absolute Gasteiger partial charge is 0.493 e. The quantitative estimate of drug-likeness (QED) is 0.848. The van der Waals surface area contributed by atoms with Gasteiger partial charge in [0.25, 0.3) is 0 Å². The first-order chi connectivity index (χ1) is 13.7. The molecule has 2 aromatic carbocycles. The van der Waals surface area contributed by atoms with Crippen LogP contribution >= 0.6 is 0 Å². The molecule has 6 heteroatoms. The van der Waals surface area contributed by atoms with E-state index < -0.39 is 0 Å². The van der Waals surface area contributed by atoms with Crippen molar-refractivity contribution in [3.63, 3.8) is 0 Å². The van der Waals surface area contributed by atoms with Crippen LogP contribution in [-0.2, 0) is 6.54 Å². The molecule has 2 aliphatic rings. The molecule has 2 amide bonds. The van der Waals surface area contributed by atoms with Gasteiger partial charge in [0.05, 0.1) is 12.6 Å². The minimum absolute atomic E-state index is 0.0221. The van der Waals surface area contributed by atoms with Crippen molar-refractivity contribution >= 4 is 6.03 Å². The second-order valence-corrected chi connectivity index (χ2v) is 7.49. The van der Waals surface area contributed by atoms with Crippen molar-refractivity contribution in [3.05, 3.63) is 65.5 Å². The van der Waals surface area contributed by atoms with Crippen LogP contribution in [0, 0.1) is 5.82 Å². The maximum atomic E-state index is 13.8. The number of carbonyl (C=O) groups is 1. The molecule has 0 saturated carbocycles. The molecule has 0 aliphatic carbocycles. The van der Waals surface area contributed by atoms with Crippen molar-refractivity contribution in [2.24, 2.45) is 0 Å². The molecule has 1 saturated heterocycles. The van der Waals surface area contributed by atoms with E-state index in [4.69, 9.17) is 4.74 Å². The molecule has 2 aliphatic heterocycles. The molecule has 0 radical (unpaired) electrons. The summed E-state index contributed by atoms with van der Waals surface area (Å²) < 4.78 is 19.5. The van der Waals surface area contributed by atoms with Gasteiger partial charge in [-0.25, -0.2) is 9.18 Å². The molecule has 2 N–H and O–H groups in total. The Morgan fingerprint density at radius 3 is 2.61 bits per heavy atom. The molecule has 0 spiro atoms. The van der Waals surface area contributed by atoms with Gasteiger partial charge in [-0.1, -0.05) is 36.4 Å². The number of amides is 2. The molecular formula is C22H26FN3O2. The van der Waals surface area contributed by atoms with Crippen molar-refractivity contribution in [3.8, 4) is 5.75 Å². The smallest absolute Gasteiger partial charge is 0.315 e. The molecule has 1 atom stereocenters. The van der Waals surface area contributed by atoms with Crippen molar-refractivity contribution in [1.82, 2.24) is 15.5 Å². The molecule has 5 nitrogen and oxygen atoms in total. The fourth-order valence-corrected chi connectivity index (χ4v) is 3.98. The molecule has 2 heterocycles. The number of hydrogen-bond donors (Lipinski definition) is 2. The topological polar surface area (TPSA) is 53.6 Å². The first kappa shape index (κ1) is 18.7. The summed E-state index contributed by atoms with van der Waals surface area (Å²) in [7, 11) is 0. The van der Waals surface area contributed by atoms with Gasteiger partial charge in [0.1, 0.15) is 11.6 Å². The zero-order valence-corrected chi connectivity index (χ0v) is 15.9. The summed E-state index contributed by atoms with van der Waals surface area (Å²) in [5, 5.41) is 6.19. The van der Waals surface area contributed by atoms with Crippen molar-refractivity contribution < 1.29 is 13.9 Å². The Hall–Kier alpha value is -2.60. The van der Waals surface area contributed by atoms with Gasteiger partial charge in [0, 0.05) is 43.2 Å². The predicted octanol–water partition coefficient (Wildman–Crippen LogP) is 3.61. The highest BCUT2D eigenvalue weighted by Crippen LogP contribution is 2.31. The highest BCUT2D eigenvalue weighted by molar-refractivity contribution is 5.75. The molecule has 0 aromatic heterocycles. The molecular weight excluding hydrogens is 357 g/mol. The lowest BCUT2D eigenvalue weighted by Gasteiger charge is -2.33. The minimum atomic E-state index is -0.154. The van der Waals surface area contributed by atoms with Crippen LogP contribution in [0.4, 0.5) is 9.18 Å². The lowest BCUT2D eigenvalue weighted by atomic mass is 10.0. The van der Waals surface area contributed by atoms with Crippen molar-refractivity contribution in [1.29, 1.82) is 0 Å². The van der Waals surface area contributed by atoms with Gasteiger partial charge in [-0.15, -0.1) is 0 Å². The second-order valence-electron chi connectivity index (χ2n) is 7.49. The molecule has 0 bridgehead atoms. The number of urea groups is 1. The number of likely N-dealkylation sites (tertiary alicyclic amines) is 1. The first-order valence-corrected chi connectivity index (χ1v) is 9.93. The number of fused-ring (bicyclic) bond motifs is 1. The van der Waals surface area contributed by atoms with Crippen molar-refractivity contribution in [2.75, 3.05) is 19.7 Å². The van der Waals surface area contributed by atoms with Crippen LogP contribution in [-0.4, -0.2) is 36.7 Å². The summed E-state index contributed by atoms with van der Waals surface area (Å²) in [5.41, 5.74) is 1.76. The predicted molar refractivity (Wildman–Crippen MR) is 106 cm³/mol. The molecule has 4 rings (SSSR count). The number of nitrogens with zero attached hydrogens (tertiary/aromatic N) is 1. The third-order valence-corrected chi connectivity index (χ3v) is 5.54. The van der Waals surface area contributed by atoms with Crippen LogP contribution in [0.25, 0.3) is 0 Å². The van der Waals surface area contributed by atoms with Crippen molar-refractivity contribution in [2.45, 2.75) is 37.9 Å². The Bertz CT molecular complexity index is 821. The number of para-hydroxylation sites is 1. The Balaban J connectivity index is 1.25. The van der Waals surface area contributed by atoms with E-state index in [0.29, 0.717) is 13.2 Å². The number of halogens is 1. The molecule has 2 aromatic rings. The normalized spacial score (nSPS) is 20.1. The van der Waals surface area contributed by atoms with Crippen LogP contribution in [0.5, 0.6) is 5.75 Å². The Morgan fingerprint density at radius 2 is 1.79 bits per heavy atom. The number of piperidine rings is 1. The number of hydrogen-bond acceptors (Lipinski definition) is 3. The molecule has 1 fully saturated rings. The zero-order chi connectivity index (χ0) is 19.3. The second kappa shape index (κ2) is 8.61. The van der Waals surface area contributed by atoms with E-state index in [0.717, 1.165) is 49.2 Å². The Kier molecular flexibility index (Phi) is 5.76. The third-order valence-electron chi connectivity index (χ3n) is 5.54. The minimum Gasteiger partial charge on any atom is -0.493 e. The standard InChI is InChI=1S/C22H26FN3O2/c23-19-7-3-1-5-16(19)15-26-12-9-17(10-13-26)24-22(27)25-20-11-14-28-21-8-4-2-6-18(20)21/h1-8,17,20H,9-15H2,(H2,24,25,27). The van der Waals surface area contributed by atoms with Crippen LogP contribution in [0.3, 0.4) is 0 Å². The number of nitrogens with one attached hydrogen (secondary N) is 2. The summed E-state index contributed by atoms with van der Waals surface area (Å²) >= 11 is 0. The first-order valence-electron chi connectivity index (χ1n) is 9.93. The van der Waals surface area contributed by atoms with E-state index in [1.165, 1.54) is 6.07 Å². The van der Waals surface area contributed by atoms with Crippen LogP contribution in [0.15, 0.2) is 48.5 Å². The SMILES string of the molecule is O=C(NC1CCN(Cc2ccccc2F)CC1)NC1CCOc2ccccc21. The summed E-state index contributed by atoms with van der Waals surface area (Å²) in [6, 6.07) is 14.7. The highest BCUT2D eigenvalue weighted by Gasteiger charge is 2.25.